The quantitative estimate of drug-likeness (QED) is 0.600. The normalized spacial score (nSPS) is 21.3. The van der Waals surface area contributed by atoms with Crippen molar-refractivity contribution in [2.75, 3.05) is 6.79 Å². The molecule has 0 unspecified atom stereocenters. The highest BCUT2D eigenvalue weighted by Gasteiger charge is 2.48. The van der Waals surface area contributed by atoms with Gasteiger partial charge in [-0.3, -0.25) is 9.59 Å². The fraction of sp³-hybridized carbons (Fsp3) is 0.357. The van der Waals surface area contributed by atoms with Crippen molar-refractivity contribution in [3.63, 3.8) is 0 Å². The summed E-state index contributed by atoms with van der Waals surface area (Å²) in [5.74, 6) is 1.11. The fourth-order valence-corrected chi connectivity index (χ4v) is 5.51. The molecule has 180 valence electrons. The third-order valence-electron chi connectivity index (χ3n) is 7.53. The van der Waals surface area contributed by atoms with E-state index in [1.165, 1.54) is 0 Å². The molecular weight excluding hydrogens is 442 g/mol. The van der Waals surface area contributed by atoms with E-state index in [1.54, 1.807) is 4.90 Å². The van der Waals surface area contributed by atoms with Gasteiger partial charge in [-0.1, -0.05) is 49.2 Å². The number of nitrogens with zero attached hydrogens (tertiary/aromatic N) is 2. The van der Waals surface area contributed by atoms with Gasteiger partial charge in [0.15, 0.2) is 11.5 Å². The molecule has 0 saturated heterocycles. The van der Waals surface area contributed by atoms with Crippen molar-refractivity contribution in [3.8, 4) is 22.8 Å². The maximum Gasteiger partial charge on any atom is 0.271 e. The Kier molecular flexibility index (Phi) is 5.28. The van der Waals surface area contributed by atoms with E-state index >= 15 is 0 Å². The topological polar surface area (TPSA) is 72.8 Å². The Labute approximate surface area is 204 Å². The molecule has 2 aromatic carbocycles. The van der Waals surface area contributed by atoms with E-state index in [0.717, 1.165) is 42.5 Å². The molecule has 3 aliphatic rings. The summed E-state index contributed by atoms with van der Waals surface area (Å²) in [6, 6.07) is 19.7. The highest BCUT2D eigenvalue weighted by atomic mass is 16.7. The molecule has 6 rings (SSSR count). The second-order valence-electron chi connectivity index (χ2n) is 9.86. The first-order chi connectivity index (χ1) is 17.0. The van der Waals surface area contributed by atoms with Gasteiger partial charge >= 0.3 is 0 Å². The molecule has 1 atom stereocenters. The van der Waals surface area contributed by atoms with Crippen molar-refractivity contribution in [3.05, 3.63) is 71.9 Å². The summed E-state index contributed by atoms with van der Waals surface area (Å²) in [7, 11) is 0. The van der Waals surface area contributed by atoms with Crippen molar-refractivity contribution in [1.29, 1.82) is 0 Å². The Morgan fingerprint density at radius 1 is 1.00 bits per heavy atom. The van der Waals surface area contributed by atoms with Gasteiger partial charge in [0.1, 0.15) is 11.2 Å². The molecule has 1 fully saturated rings. The van der Waals surface area contributed by atoms with Gasteiger partial charge in [0.25, 0.3) is 5.91 Å². The fourth-order valence-electron chi connectivity index (χ4n) is 5.51. The molecule has 3 heterocycles. The molecule has 1 N–H and O–H groups in total. The molecule has 0 bridgehead atoms. The first-order valence-electron chi connectivity index (χ1n) is 12.3. The highest BCUT2D eigenvalue weighted by Crippen LogP contribution is 2.37. The monoisotopic (exact) mass is 471 g/mol. The van der Waals surface area contributed by atoms with Gasteiger partial charge in [0.2, 0.25) is 12.7 Å². The van der Waals surface area contributed by atoms with E-state index in [9.17, 15) is 9.59 Å². The van der Waals surface area contributed by atoms with Crippen LogP contribution in [0.4, 0.5) is 0 Å². The number of benzene rings is 2. The summed E-state index contributed by atoms with van der Waals surface area (Å²) in [5, 5.41) is 3.26. The zero-order valence-corrected chi connectivity index (χ0v) is 19.8. The molecule has 1 aromatic heterocycles. The molecule has 7 heteroatoms. The molecule has 1 aliphatic carbocycles. The van der Waals surface area contributed by atoms with Gasteiger partial charge in [0, 0.05) is 18.3 Å². The molecule has 2 aliphatic heterocycles. The van der Waals surface area contributed by atoms with Gasteiger partial charge < -0.3 is 24.3 Å². The van der Waals surface area contributed by atoms with Crippen LogP contribution in [0.15, 0.2) is 60.7 Å². The molecule has 3 aromatic rings. The number of amides is 2. The van der Waals surface area contributed by atoms with Crippen LogP contribution in [-0.4, -0.2) is 39.7 Å². The molecular formula is C28H29N3O4. The van der Waals surface area contributed by atoms with Crippen LogP contribution in [0.2, 0.25) is 0 Å². The van der Waals surface area contributed by atoms with Gasteiger partial charge in [-0.15, -0.1) is 0 Å². The maximum atomic E-state index is 13.9. The van der Waals surface area contributed by atoms with Crippen LogP contribution in [0.5, 0.6) is 11.5 Å². The summed E-state index contributed by atoms with van der Waals surface area (Å²) in [5.41, 5.74) is 2.40. The number of aromatic nitrogens is 1. The average molecular weight is 472 g/mol. The Hall–Kier alpha value is -3.74. The number of hydrogen-bond donors (Lipinski definition) is 1. The SMILES string of the molecule is C[C@@]1(C(=O)NC2CCCC2)Cn2c(ccc2-c2ccccc2)C(=O)N1Cc1ccc2c(c1)OCO2. The van der Waals surface area contributed by atoms with Gasteiger partial charge in [-0.25, -0.2) is 0 Å². The smallest absolute Gasteiger partial charge is 0.271 e. The van der Waals surface area contributed by atoms with Crippen LogP contribution in [0, 0.1) is 0 Å². The van der Waals surface area contributed by atoms with Crippen molar-refractivity contribution < 1.29 is 19.1 Å². The predicted molar refractivity (Wildman–Crippen MR) is 131 cm³/mol. The Balaban J connectivity index is 1.39. The lowest BCUT2D eigenvalue weighted by Crippen LogP contribution is -2.64. The Bertz CT molecular complexity index is 1280. The lowest BCUT2D eigenvalue weighted by atomic mass is 9.93. The average Bonchev–Trinajstić information content (AvgIpc) is 3.63. The minimum atomic E-state index is -1.05. The third-order valence-corrected chi connectivity index (χ3v) is 7.53. The Morgan fingerprint density at radius 2 is 1.74 bits per heavy atom. The van der Waals surface area contributed by atoms with Crippen LogP contribution in [-0.2, 0) is 17.9 Å². The van der Waals surface area contributed by atoms with Crippen molar-refractivity contribution in [2.24, 2.45) is 0 Å². The first kappa shape index (κ1) is 21.8. The van der Waals surface area contributed by atoms with Crippen molar-refractivity contribution in [2.45, 2.75) is 57.3 Å². The van der Waals surface area contributed by atoms with Crippen LogP contribution in [0.3, 0.4) is 0 Å². The lowest BCUT2D eigenvalue weighted by molar-refractivity contribution is -0.133. The Morgan fingerprint density at radius 3 is 2.54 bits per heavy atom. The van der Waals surface area contributed by atoms with Crippen LogP contribution in [0.25, 0.3) is 11.3 Å². The summed E-state index contributed by atoms with van der Waals surface area (Å²) in [4.78, 5) is 29.5. The van der Waals surface area contributed by atoms with E-state index < -0.39 is 5.54 Å². The summed E-state index contributed by atoms with van der Waals surface area (Å²) >= 11 is 0. The van der Waals surface area contributed by atoms with E-state index in [1.807, 2.05) is 72.2 Å². The van der Waals surface area contributed by atoms with Crippen molar-refractivity contribution >= 4 is 11.8 Å². The van der Waals surface area contributed by atoms with Crippen LogP contribution < -0.4 is 14.8 Å². The second-order valence-corrected chi connectivity index (χ2v) is 9.86. The lowest BCUT2D eigenvalue weighted by Gasteiger charge is -2.45. The maximum absolute atomic E-state index is 13.9. The van der Waals surface area contributed by atoms with Gasteiger partial charge in [-0.2, -0.15) is 0 Å². The standard InChI is InChI=1S/C28H29N3O4/c1-28(27(33)29-21-9-5-6-10-21)17-30-22(20-7-3-2-4-8-20)12-13-23(30)26(32)31(28)16-19-11-14-24-25(15-19)35-18-34-24/h2-4,7-8,11-15,21H,5-6,9-10,16-18H2,1H3,(H,29,33)/t28-/m0/s1. The van der Waals surface area contributed by atoms with E-state index in [4.69, 9.17) is 9.47 Å². The van der Waals surface area contributed by atoms with Crippen LogP contribution in [0.1, 0.15) is 48.7 Å². The zero-order chi connectivity index (χ0) is 24.0. The largest absolute Gasteiger partial charge is 0.454 e. The molecule has 35 heavy (non-hydrogen) atoms. The number of ether oxygens (including phenoxy) is 2. The summed E-state index contributed by atoms with van der Waals surface area (Å²) in [6.07, 6.45) is 4.23. The number of fused-ring (bicyclic) bond motifs is 2. The van der Waals surface area contributed by atoms with Gasteiger partial charge in [-0.05, 0) is 55.2 Å². The van der Waals surface area contributed by atoms with E-state index in [-0.39, 0.29) is 24.6 Å². The molecule has 0 radical (unpaired) electrons. The third kappa shape index (κ3) is 3.75. The minimum Gasteiger partial charge on any atom is -0.454 e. The number of carbonyl (C=O) groups is 2. The number of rotatable bonds is 5. The second kappa shape index (κ2) is 8.48. The molecule has 2 amide bonds. The predicted octanol–water partition coefficient (Wildman–Crippen LogP) is 4.36. The number of nitrogens with one attached hydrogen (secondary N) is 1. The van der Waals surface area contributed by atoms with Crippen LogP contribution >= 0.6 is 0 Å². The number of carbonyl (C=O) groups excluding carboxylic acids is 2. The number of hydrogen-bond acceptors (Lipinski definition) is 4. The zero-order valence-electron chi connectivity index (χ0n) is 19.8. The molecule has 7 nitrogen and oxygen atoms in total. The van der Waals surface area contributed by atoms with Gasteiger partial charge in [0.05, 0.1) is 6.54 Å². The molecule has 0 spiro atoms. The first-order valence-corrected chi connectivity index (χ1v) is 12.3. The summed E-state index contributed by atoms with van der Waals surface area (Å²) < 4.78 is 13.0. The molecule has 1 saturated carbocycles. The summed E-state index contributed by atoms with van der Waals surface area (Å²) in [6.45, 7) is 2.77. The van der Waals surface area contributed by atoms with Crippen molar-refractivity contribution in [1.82, 2.24) is 14.8 Å². The highest BCUT2D eigenvalue weighted by molar-refractivity contribution is 6.00. The van der Waals surface area contributed by atoms with E-state index in [2.05, 4.69) is 5.32 Å². The van der Waals surface area contributed by atoms with E-state index in [0.29, 0.717) is 30.3 Å². The minimum absolute atomic E-state index is 0.100.